The molecule has 5 heterocycles. The Morgan fingerprint density at radius 3 is 2.41 bits per heavy atom. The van der Waals surface area contributed by atoms with Gasteiger partial charge in [0.05, 0.1) is 23.1 Å². The van der Waals surface area contributed by atoms with Crippen molar-refractivity contribution in [2.75, 3.05) is 24.1 Å². The smallest absolute Gasteiger partial charge is 0.165 e. The highest BCUT2D eigenvalue weighted by atomic mass is 15.2. The summed E-state index contributed by atoms with van der Waals surface area (Å²) in [7, 11) is 0. The molecule has 6 aromatic rings. The molecular weight excluding hydrogens is 546 g/mol. The van der Waals surface area contributed by atoms with Gasteiger partial charge in [0.1, 0.15) is 23.1 Å². The fraction of sp³-hybridized carbons (Fsp3) is 0.171. The highest BCUT2D eigenvalue weighted by Gasteiger charge is 2.21. The number of piperidine rings is 1. The predicted octanol–water partition coefficient (Wildman–Crippen LogP) is 6.07. The van der Waals surface area contributed by atoms with Crippen LogP contribution in [0.1, 0.15) is 24.1 Å². The van der Waals surface area contributed by atoms with Crippen molar-refractivity contribution < 1.29 is 0 Å². The highest BCUT2D eigenvalue weighted by Crippen LogP contribution is 2.32. The Balaban J connectivity index is 1.12. The summed E-state index contributed by atoms with van der Waals surface area (Å²) in [6.07, 6.45) is 5.52. The lowest BCUT2D eigenvalue weighted by Crippen LogP contribution is -2.38. The van der Waals surface area contributed by atoms with Gasteiger partial charge >= 0.3 is 0 Å². The SMILES string of the molecule is N#Cc1ccc(NC2CCN(Cc3ccc(-n4c(-c5cccnc5N)nc5ccc(-c6ccccc6)nc54)cc3)CC2)cn1. The number of nitrogens with one attached hydrogen (secondary N) is 1. The quantitative estimate of drug-likeness (QED) is 0.234. The Bertz CT molecular complexity index is 1930. The fourth-order valence-corrected chi connectivity index (χ4v) is 5.78. The van der Waals surface area contributed by atoms with Crippen molar-refractivity contribution in [1.82, 2.24) is 29.4 Å². The first-order valence-corrected chi connectivity index (χ1v) is 14.7. The molecule has 0 amide bonds. The summed E-state index contributed by atoms with van der Waals surface area (Å²) in [5.74, 6) is 1.14. The van der Waals surface area contributed by atoms with Gasteiger partial charge in [0.2, 0.25) is 0 Å². The van der Waals surface area contributed by atoms with Crippen molar-refractivity contribution in [2.45, 2.75) is 25.4 Å². The summed E-state index contributed by atoms with van der Waals surface area (Å²) >= 11 is 0. The maximum absolute atomic E-state index is 8.97. The number of likely N-dealkylation sites (tertiary alicyclic amines) is 1. The van der Waals surface area contributed by atoms with Crippen LogP contribution in [0.5, 0.6) is 0 Å². The van der Waals surface area contributed by atoms with Crippen LogP contribution < -0.4 is 11.1 Å². The van der Waals surface area contributed by atoms with E-state index in [1.165, 1.54) is 5.56 Å². The molecule has 7 rings (SSSR count). The monoisotopic (exact) mass is 577 g/mol. The molecule has 9 nitrogen and oxygen atoms in total. The summed E-state index contributed by atoms with van der Waals surface area (Å²) in [5.41, 5.74) is 14.2. The van der Waals surface area contributed by atoms with Crippen molar-refractivity contribution in [3.63, 3.8) is 0 Å². The number of pyridine rings is 3. The van der Waals surface area contributed by atoms with Gasteiger partial charge in [-0.3, -0.25) is 9.47 Å². The molecule has 1 saturated heterocycles. The molecule has 0 bridgehead atoms. The Hall–Kier alpha value is -5.59. The van der Waals surface area contributed by atoms with Crippen LogP contribution in [-0.2, 0) is 6.54 Å². The molecule has 3 N–H and O–H groups in total. The molecule has 0 saturated carbocycles. The largest absolute Gasteiger partial charge is 0.383 e. The molecule has 1 fully saturated rings. The first-order valence-electron chi connectivity index (χ1n) is 14.7. The molecule has 9 heteroatoms. The molecule has 0 aliphatic carbocycles. The molecule has 216 valence electrons. The molecule has 44 heavy (non-hydrogen) atoms. The predicted molar refractivity (Wildman–Crippen MR) is 173 cm³/mol. The first kappa shape index (κ1) is 27.3. The number of nitrogens with zero attached hydrogens (tertiary/aromatic N) is 7. The molecule has 1 aliphatic rings. The van der Waals surface area contributed by atoms with E-state index in [0.717, 1.165) is 71.8 Å². The Morgan fingerprint density at radius 2 is 1.68 bits per heavy atom. The third-order valence-electron chi connectivity index (χ3n) is 8.09. The number of rotatable bonds is 7. The van der Waals surface area contributed by atoms with Gasteiger partial charge < -0.3 is 11.1 Å². The van der Waals surface area contributed by atoms with E-state index >= 15 is 0 Å². The maximum Gasteiger partial charge on any atom is 0.165 e. The van der Waals surface area contributed by atoms with Gasteiger partial charge in [-0.05, 0) is 66.9 Å². The number of nitrogen functional groups attached to an aromatic ring is 1. The van der Waals surface area contributed by atoms with Crippen LogP contribution in [0.25, 0.3) is 39.5 Å². The fourth-order valence-electron chi connectivity index (χ4n) is 5.78. The van der Waals surface area contributed by atoms with Crippen LogP contribution in [0.15, 0.2) is 103 Å². The number of fused-ring (bicyclic) bond motifs is 1. The summed E-state index contributed by atoms with van der Waals surface area (Å²) in [4.78, 5) is 21.0. The molecule has 0 atom stereocenters. The summed E-state index contributed by atoms with van der Waals surface area (Å²) < 4.78 is 2.08. The second kappa shape index (κ2) is 12.0. The molecular formula is C35H31N9. The van der Waals surface area contributed by atoms with Crippen molar-refractivity contribution >= 4 is 22.7 Å². The van der Waals surface area contributed by atoms with Crippen LogP contribution in [0.3, 0.4) is 0 Å². The average Bonchev–Trinajstić information content (AvgIpc) is 3.45. The summed E-state index contributed by atoms with van der Waals surface area (Å²) in [5, 5.41) is 12.5. The van der Waals surface area contributed by atoms with Crippen molar-refractivity contribution in [3.05, 3.63) is 115 Å². The molecule has 0 spiro atoms. The zero-order valence-electron chi connectivity index (χ0n) is 24.1. The van der Waals surface area contributed by atoms with Crippen LogP contribution >= 0.6 is 0 Å². The third-order valence-corrected chi connectivity index (χ3v) is 8.09. The Kier molecular flexibility index (Phi) is 7.41. The van der Waals surface area contributed by atoms with E-state index < -0.39 is 0 Å². The van der Waals surface area contributed by atoms with E-state index in [1.54, 1.807) is 18.5 Å². The second-order valence-corrected chi connectivity index (χ2v) is 11.0. The van der Waals surface area contributed by atoms with Gasteiger partial charge in [0.25, 0.3) is 0 Å². The number of hydrogen-bond donors (Lipinski definition) is 2. The number of nitrogens with two attached hydrogens (primary N) is 1. The molecule has 0 unspecified atom stereocenters. The van der Waals surface area contributed by atoms with E-state index in [4.69, 9.17) is 21.0 Å². The third kappa shape index (κ3) is 5.59. The summed E-state index contributed by atoms with van der Waals surface area (Å²) in [6.45, 7) is 2.90. The van der Waals surface area contributed by atoms with Gasteiger partial charge in [0, 0.05) is 43.1 Å². The summed E-state index contributed by atoms with van der Waals surface area (Å²) in [6, 6.07) is 32.8. The van der Waals surface area contributed by atoms with Crippen molar-refractivity contribution in [1.29, 1.82) is 5.26 Å². The minimum Gasteiger partial charge on any atom is -0.383 e. The van der Waals surface area contributed by atoms with Crippen LogP contribution in [0.2, 0.25) is 0 Å². The van der Waals surface area contributed by atoms with E-state index in [9.17, 15) is 0 Å². The lowest BCUT2D eigenvalue weighted by Gasteiger charge is -2.32. The number of aromatic nitrogens is 5. The van der Waals surface area contributed by atoms with Crippen LogP contribution in [-0.4, -0.2) is 48.5 Å². The minimum absolute atomic E-state index is 0.393. The topological polar surface area (TPSA) is 122 Å². The minimum atomic E-state index is 0.393. The second-order valence-electron chi connectivity index (χ2n) is 11.0. The number of imidazole rings is 1. The molecule has 4 aromatic heterocycles. The number of anilines is 2. The molecule has 2 aromatic carbocycles. The first-order chi connectivity index (χ1) is 21.6. The van der Waals surface area contributed by atoms with Gasteiger partial charge in [-0.25, -0.2) is 19.9 Å². The normalized spacial score (nSPS) is 14.0. The Morgan fingerprint density at radius 1 is 0.864 bits per heavy atom. The van der Waals surface area contributed by atoms with E-state index in [1.807, 2.05) is 48.5 Å². The average molecular weight is 578 g/mol. The zero-order valence-corrected chi connectivity index (χ0v) is 24.1. The number of benzene rings is 2. The standard InChI is InChI=1S/C35H31N9/c36-21-27-10-11-28(22-39-27)40-26-16-19-43(20-17-26)23-24-8-12-29(13-9-24)44-34(30-7-4-18-38-33(30)37)42-32-15-14-31(41-35(32)44)25-5-2-1-3-6-25/h1-15,18,22,26,40H,16-17,19-20,23H2,(H2,37,38). The maximum atomic E-state index is 8.97. The van der Waals surface area contributed by atoms with Gasteiger partial charge in [-0.1, -0.05) is 42.5 Å². The van der Waals surface area contributed by atoms with Crippen molar-refractivity contribution in [2.24, 2.45) is 0 Å². The number of hydrogen-bond acceptors (Lipinski definition) is 8. The Labute approximate surface area is 255 Å². The highest BCUT2D eigenvalue weighted by molar-refractivity contribution is 5.84. The molecule has 1 aliphatic heterocycles. The van der Waals surface area contributed by atoms with E-state index in [-0.39, 0.29) is 0 Å². The van der Waals surface area contributed by atoms with Gasteiger partial charge in [-0.2, -0.15) is 5.26 Å². The lowest BCUT2D eigenvalue weighted by atomic mass is 10.0. The lowest BCUT2D eigenvalue weighted by molar-refractivity contribution is 0.211. The van der Waals surface area contributed by atoms with Crippen LogP contribution in [0, 0.1) is 11.3 Å². The van der Waals surface area contributed by atoms with Crippen LogP contribution in [0.4, 0.5) is 11.5 Å². The van der Waals surface area contributed by atoms with Crippen molar-refractivity contribution in [3.8, 4) is 34.4 Å². The molecule has 0 radical (unpaired) electrons. The van der Waals surface area contributed by atoms with Gasteiger partial charge in [0.15, 0.2) is 11.5 Å². The van der Waals surface area contributed by atoms with Gasteiger partial charge in [-0.15, -0.1) is 0 Å². The van der Waals surface area contributed by atoms with E-state index in [2.05, 4.69) is 67.2 Å². The zero-order chi connectivity index (χ0) is 29.9. The number of nitriles is 1. The van der Waals surface area contributed by atoms with E-state index in [0.29, 0.717) is 23.4 Å².